The molecule has 5 heteroatoms. The van der Waals surface area contributed by atoms with E-state index in [1.807, 2.05) is 38.1 Å². The highest BCUT2D eigenvalue weighted by Crippen LogP contribution is 2.29. The molecule has 2 rings (SSSR count). The summed E-state index contributed by atoms with van der Waals surface area (Å²) in [6, 6.07) is 8.85. The maximum atomic E-state index is 12.9. The van der Waals surface area contributed by atoms with Gasteiger partial charge >= 0.3 is 0 Å². The molecular weight excluding hydrogens is 278 g/mol. The Labute approximate surface area is 120 Å². The van der Waals surface area contributed by atoms with Crippen LogP contribution in [0.15, 0.2) is 24.3 Å². The van der Waals surface area contributed by atoms with Crippen LogP contribution >= 0.6 is 12.2 Å². The first kappa shape index (κ1) is 14.4. The van der Waals surface area contributed by atoms with Crippen LogP contribution in [0.25, 0.3) is 11.1 Å². The number of hydrogen-bond acceptors (Lipinski definition) is 2. The first-order valence-corrected chi connectivity index (χ1v) is 6.38. The van der Waals surface area contributed by atoms with E-state index in [0.717, 1.165) is 11.1 Å². The van der Waals surface area contributed by atoms with Gasteiger partial charge in [0.25, 0.3) is 6.43 Å². The lowest BCUT2D eigenvalue weighted by Crippen LogP contribution is -1.97. The molecule has 0 radical (unpaired) electrons. The summed E-state index contributed by atoms with van der Waals surface area (Å²) in [5, 5.41) is 9.19. The maximum absolute atomic E-state index is 12.9. The number of hydrogen-bond donors (Lipinski definition) is 1. The molecule has 0 aliphatic carbocycles. The second kappa shape index (κ2) is 5.51. The van der Waals surface area contributed by atoms with Crippen molar-refractivity contribution >= 4 is 12.2 Å². The SMILES string of the molecule is Cc1ccc(-c2cc(C(F)F)[nH]c(=S)c2C#N)cc1C. The Morgan fingerprint density at radius 2 is 1.90 bits per heavy atom. The minimum Gasteiger partial charge on any atom is -0.344 e. The first-order valence-electron chi connectivity index (χ1n) is 5.97. The highest BCUT2D eigenvalue weighted by molar-refractivity contribution is 7.71. The van der Waals surface area contributed by atoms with Crippen LogP contribution < -0.4 is 0 Å². The van der Waals surface area contributed by atoms with Crippen molar-refractivity contribution in [2.75, 3.05) is 0 Å². The van der Waals surface area contributed by atoms with E-state index in [0.29, 0.717) is 11.1 Å². The summed E-state index contributed by atoms with van der Waals surface area (Å²) in [6.07, 6.45) is -2.66. The molecule has 0 amide bonds. The summed E-state index contributed by atoms with van der Waals surface area (Å²) in [6.45, 7) is 3.90. The van der Waals surface area contributed by atoms with Crippen molar-refractivity contribution in [3.8, 4) is 17.2 Å². The van der Waals surface area contributed by atoms with E-state index < -0.39 is 6.43 Å². The normalized spacial score (nSPS) is 10.6. The van der Waals surface area contributed by atoms with E-state index in [9.17, 15) is 14.0 Å². The number of aromatic nitrogens is 1. The van der Waals surface area contributed by atoms with Crippen molar-refractivity contribution in [3.63, 3.8) is 0 Å². The third-order valence-electron chi connectivity index (χ3n) is 3.22. The molecule has 1 N–H and O–H groups in total. The molecule has 0 atom stereocenters. The van der Waals surface area contributed by atoms with Gasteiger partial charge in [0, 0.05) is 5.56 Å². The zero-order chi connectivity index (χ0) is 14.9. The molecule has 1 heterocycles. The Kier molecular flexibility index (Phi) is 3.96. The molecule has 0 aliphatic rings. The molecule has 0 unspecified atom stereocenters. The van der Waals surface area contributed by atoms with Gasteiger partial charge in [-0.05, 0) is 36.6 Å². The Morgan fingerprint density at radius 3 is 2.45 bits per heavy atom. The molecule has 2 aromatic rings. The highest BCUT2D eigenvalue weighted by Gasteiger charge is 2.14. The minimum absolute atomic E-state index is 0.0403. The fraction of sp³-hybridized carbons (Fsp3) is 0.200. The number of pyridine rings is 1. The lowest BCUT2D eigenvalue weighted by Gasteiger charge is -2.10. The van der Waals surface area contributed by atoms with Gasteiger partial charge in [0.2, 0.25) is 0 Å². The maximum Gasteiger partial charge on any atom is 0.278 e. The van der Waals surface area contributed by atoms with E-state index >= 15 is 0 Å². The Morgan fingerprint density at radius 1 is 1.20 bits per heavy atom. The number of aryl methyl sites for hydroxylation is 2. The smallest absolute Gasteiger partial charge is 0.278 e. The standard InChI is InChI=1S/C15H12F2N2S/c1-8-3-4-10(5-9(8)2)11-6-13(14(16)17)19-15(20)12(11)7-18/h3-6,14H,1-2H3,(H,19,20). The molecule has 2 nitrogen and oxygen atoms in total. The number of alkyl halides is 2. The van der Waals surface area contributed by atoms with Crippen LogP contribution in [0.1, 0.15) is 28.8 Å². The number of halogens is 2. The number of benzene rings is 1. The third-order valence-corrected chi connectivity index (χ3v) is 3.53. The lowest BCUT2D eigenvalue weighted by molar-refractivity contribution is 0.146. The molecule has 0 spiro atoms. The quantitative estimate of drug-likeness (QED) is 0.804. The number of nitriles is 1. The average Bonchev–Trinajstić information content (AvgIpc) is 2.40. The van der Waals surface area contributed by atoms with Crippen LogP contribution in [0.4, 0.5) is 8.78 Å². The van der Waals surface area contributed by atoms with Gasteiger partial charge in [0.05, 0.1) is 11.3 Å². The molecule has 1 aromatic carbocycles. The van der Waals surface area contributed by atoms with Gasteiger partial charge in [0.15, 0.2) is 0 Å². The predicted molar refractivity (Wildman–Crippen MR) is 76.2 cm³/mol. The van der Waals surface area contributed by atoms with Crippen molar-refractivity contribution in [1.29, 1.82) is 5.26 Å². The average molecular weight is 290 g/mol. The highest BCUT2D eigenvalue weighted by atomic mass is 32.1. The van der Waals surface area contributed by atoms with E-state index in [1.54, 1.807) is 0 Å². The summed E-state index contributed by atoms with van der Waals surface area (Å²) in [4.78, 5) is 2.40. The molecule has 102 valence electrons. The predicted octanol–water partition coefficient (Wildman–Crippen LogP) is 4.84. The summed E-state index contributed by atoms with van der Waals surface area (Å²) in [5.41, 5.74) is 3.22. The molecule has 0 fully saturated rings. The largest absolute Gasteiger partial charge is 0.344 e. The second-order valence-electron chi connectivity index (χ2n) is 4.55. The van der Waals surface area contributed by atoms with Crippen LogP contribution in [-0.4, -0.2) is 4.98 Å². The van der Waals surface area contributed by atoms with Gasteiger partial charge in [-0.15, -0.1) is 0 Å². The van der Waals surface area contributed by atoms with Crippen LogP contribution in [0.5, 0.6) is 0 Å². The zero-order valence-corrected chi connectivity index (χ0v) is 11.8. The molecule has 20 heavy (non-hydrogen) atoms. The second-order valence-corrected chi connectivity index (χ2v) is 4.96. The van der Waals surface area contributed by atoms with E-state index in [-0.39, 0.29) is 15.9 Å². The van der Waals surface area contributed by atoms with Crippen LogP contribution in [-0.2, 0) is 0 Å². The molecule has 0 aliphatic heterocycles. The van der Waals surface area contributed by atoms with Gasteiger partial charge in [-0.25, -0.2) is 8.78 Å². The molecular formula is C15H12F2N2S. The fourth-order valence-corrected chi connectivity index (χ4v) is 2.22. The molecule has 0 saturated heterocycles. The summed E-state index contributed by atoms with van der Waals surface area (Å²) in [7, 11) is 0. The van der Waals surface area contributed by atoms with Crippen molar-refractivity contribution in [1.82, 2.24) is 4.98 Å². The van der Waals surface area contributed by atoms with E-state index in [1.165, 1.54) is 6.07 Å². The van der Waals surface area contributed by atoms with E-state index in [2.05, 4.69) is 4.98 Å². The first-order chi connectivity index (χ1) is 9.43. The van der Waals surface area contributed by atoms with Gasteiger partial charge in [-0.3, -0.25) is 0 Å². The molecule has 0 saturated carbocycles. The molecule has 0 bridgehead atoms. The van der Waals surface area contributed by atoms with Crippen LogP contribution in [0.2, 0.25) is 0 Å². The minimum atomic E-state index is -2.66. The topological polar surface area (TPSA) is 39.6 Å². The third kappa shape index (κ3) is 2.61. The van der Waals surface area contributed by atoms with Crippen molar-refractivity contribution < 1.29 is 8.78 Å². The van der Waals surface area contributed by atoms with Gasteiger partial charge in [-0.2, -0.15) is 5.26 Å². The van der Waals surface area contributed by atoms with Gasteiger partial charge in [-0.1, -0.05) is 30.4 Å². The summed E-state index contributed by atoms with van der Waals surface area (Å²) >= 11 is 4.99. The van der Waals surface area contributed by atoms with E-state index in [4.69, 9.17) is 12.2 Å². The number of nitrogens with one attached hydrogen (secondary N) is 1. The number of H-pyrrole nitrogens is 1. The van der Waals surface area contributed by atoms with Gasteiger partial charge in [0.1, 0.15) is 10.7 Å². The molecule has 1 aromatic heterocycles. The summed E-state index contributed by atoms with van der Waals surface area (Å²) < 4.78 is 25.8. The van der Waals surface area contributed by atoms with Crippen LogP contribution in [0.3, 0.4) is 0 Å². The Hall–Kier alpha value is -2.06. The zero-order valence-electron chi connectivity index (χ0n) is 11.0. The van der Waals surface area contributed by atoms with Crippen LogP contribution in [0, 0.1) is 29.8 Å². The van der Waals surface area contributed by atoms with Crippen molar-refractivity contribution in [2.24, 2.45) is 0 Å². The number of rotatable bonds is 2. The lowest BCUT2D eigenvalue weighted by atomic mass is 9.97. The summed E-state index contributed by atoms with van der Waals surface area (Å²) in [5.74, 6) is 0. The fourth-order valence-electron chi connectivity index (χ4n) is 1.94. The van der Waals surface area contributed by atoms with Crippen molar-refractivity contribution in [2.45, 2.75) is 20.3 Å². The Balaban J connectivity index is 2.74. The van der Waals surface area contributed by atoms with Crippen molar-refractivity contribution in [3.05, 3.63) is 51.3 Å². The monoisotopic (exact) mass is 290 g/mol. The van der Waals surface area contributed by atoms with Gasteiger partial charge < -0.3 is 4.98 Å². The number of aromatic amines is 1. The number of nitrogens with zero attached hydrogens (tertiary/aromatic N) is 1. The Bertz CT molecular complexity index is 757.